The van der Waals surface area contributed by atoms with Gasteiger partial charge in [0, 0.05) is 0 Å². The molecule has 0 amide bonds. The van der Waals surface area contributed by atoms with Crippen molar-refractivity contribution < 1.29 is 9.47 Å². The Kier molecular flexibility index (Phi) is 4.54. The third-order valence-electron chi connectivity index (χ3n) is 2.69. The number of pyridine rings is 1. The summed E-state index contributed by atoms with van der Waals surface area (Å²) in [5, 5.41) is 7.29. The Hall–Kier alpha value is -0.620. The van der Waals surface area contributed by atoms with E-state index in [-0.39, 0.29) is 6.02 Å². The third-order valence-corrected chi connectivity index (χ3v) is 9.15. The SMILES string of the molecule is N=C(N)OCI1c2cc(I)ccc2Oc2ncc(Br)cc21. The summed E-state index contributed by atoms with van der Waals surface area (Å²) in [6.07, 6.45) is 1.72. The Bertz CT molecular complexity index is 675. The van der Waals surface area contributed by atoms with Crippen LogP contribution in [0.25, 0.3) is 0 Å². The fourth-order valence-corrected chi connectivity index (χ4v) is 8.77. The van der Waals surface area contributed by atoms with E-state index in [4.69, 9.17) is 20.6 Å². The van der Waals surface area contributed by atoms with Crippen LogP contribution in [0, 0.1) is 16.1 Å². The van der Waals surface area contributed by atoms with Crippen LogP contribution in [-0.2, 0) is 4.74 Å². The Balaban J connectivity index is 2.09. The van der Waals surface area contributed by atoms with E-state index in [1.807, 2.05) is 18.2 Å². The van der Waals surface area contributed by atoms with Crippen molar-refractivity contribution >= 4 is 64.4 Å². The van der Waals surface area contributed by atoms with Crippen LogP contribution in [0.15, 0.2) is 34.9 Å². The second-order valence-corrected chi connectivity index (χ2v) is 11.3. The van der Waals surface area contributed by atoms with Gasteiger partial charge >= 0.3 is 152 Å². The molecule has 0 aliphatic carbocycles. The number of hydrogen-bond donors (Lipinski definition) is 2. The second-order valence-electron chi connectivity index (χ2n) is 4.10. The zero-order valence-corrected chi connectivity index (χ0v) is 16.5. The Morgan fingerprint density at radius 1 is 1.43 bits per heavy atom. The van der Waals surface area contributed by atoms with Crippen molar-refractivity contribution in [1.82, 2.24) is 4.98 Å². The van der Waals surface area contributed by atoms with Crippen LogP contribution in [0.4, 0.5) is 0 Å². The molecule has 0 unspecified atom stereocenters. The van der Waals surface area contributed by atoms with E-state index in [2.05, 4.69) is 49.6 Å². The first-order valence-electron chi connectivity index (χ1n) is 5.80. The topological polar surface area (TPSA) is 81.2 Å². The average molecular weight is 574 g/mol. The minimum absolute atomic E-state index is 0.254. The summed E-state index contributed by atoms with van der Waals surface area (Å²) in [5.74, 6) is 1.46. The van der Waals surface area contributed by atoms with Crippen LogP contribution >= 0.6 is 58.3 Å². The van der Waals surface area contributed by atoms with Gasteiger partial charge < -0.3 is 0 Å². The molecule has 0 radical (unpaired) electrons. The van der Waals surface area contributed by atoms with Gasteiger partial charge in [0.2, 0.25) is 0 Å². The van der Waals surface area contributed by atoms with E-state index in [9.17, 15) is 0 Å². The summed E-state index contributed by atoms with van der Waals surface area (Å²) < 4.78 is 15.9. The van der Waals surface area contributed by atoms with E-state index in [0.717, 1.165) is 17.4 Å². The van der Waals surface area contributed by atoms with Crippen LogP contribution in [-0.4, -0.2) is 15.6 Å². The summed E-state index contributed by atoms with van der Waals surface area (Å²) in [5.41, 5.74) is 5.34. The average Bonchev–Trinajstić information content (AvgIpc) is 2.44. The van der Waals surface area contributed by atoms with Crippen LogP contribution in [0.2, 0.25) is 0 Å². The quantitative estimate of drug-likeness (QED) is 0.247. The van der Waals surface area contributed by atoms with Gasteiger partial charge in [0.15, 0.2) is 0 Å². The summed E-state index contributed by atoms with van der Waals surface area (Å²) >= 11 is 3.82. The maximum absolute atomic E-state index is 7.29. The van der Waals surface area contributed by atoms with Gasteiger partial charge in [-0.2, -0.15) is 0 Å². The van der Waals surface area contributed by atoms with E-state index in [1.54, 1.807) is 6.20 Å². The molecule has 3 N–H and O–H groups in total. The number of alkyl halides is 1. The monoisotopic (exact) mass is 573 g/mol. The number of hydrogen-bond acceptors (Lipinski definition) is 4. The van der Waals surface area contributed by atoms with Gasteiger partial charge in [0.25, 0.3) is 0 Å². The Morgan fingerprint density at radius 2 is 2.24 bits per heavy atom. The molecule has 2 heterocycles. The van der Waals surface area contributed by atoms with Crippen molar-refractivity contribution in [2.24, 2.45) is 5.73 Å². The molecule has 1 aromatic heterocycles. The van der Waals surface area contributed by atoms with E-state index >= 15 is 0 Å². The number of halogens is 3. The van der Waals surface area contributed by atoms with Crippen LogP contribution < -0.4 is 10.5 Å². The van der Waals surface area contributed by atoms with Crippen LogP contribution in [0.1, 0.15) is 0 Å². The van der Waals surface area contributed by atoms with Crippen LogP contribution in [0.5, 0.6) is 11.6 Å². The predicted octanol–water partition coefficient (Wildman–Crippen LogP) is 3.97. The normalized spacial score (nSPS) is 13.9. The molecule has 0 saturated heterocycles. The molecule has 1 aliphatic heterocycles. The number of fused-ring (bicyclic) bond motifs is 2. The van der Waals surface area contributed by atoms with Gasteiger partial charge in [-0.05, 0) is 0 Å². The molecule has 1 aromatic carbocycles. The first kappa shape index (κ1) is 15.3. The molecule has 1 aliphatic rings. The number of amidine groups is 1. The van der Waals surface area contributed by atoms with Crippen LogP contribution in [0.3, 0.4) is 0 Å². The summed E-state index contributed by atoms with van der Waals surface area (Å²) in [4.78, 5) is 4.35. The van der Waals surface area contributed by atoms with Crippen molar-refractivity contribution in [2.75, 3.05) is 4.61 Å². The number of nitrogens with one attached hydrogen (secondary N) is 1. The molecule has 110 valence electrons. The van der Waals surface area contributed by atoms with Gasteiger partial charge in [-0.1, -0.05) is 0 Å². The molecule has 5 nitrogen and oxygen atoms in total. The summed E-state index contributed by atoms with van der Waals surface area (Å²) in [6.45, 7) is 0. The van der Waals surface area contributed by atoms with Crippen molar-refractivity contribution in [2.45, 2.75) is 0 Å². The number of aromatic nitrogens is 1. The zero-order valence-electron chi connectivity index (χ0n) is 10.6. The molecule has 2 aromatic rings. The first-order valence-corrected chi connectivity index (χ1v) is 11.4. The molecule has 0 bridgehead atoms. The number of benzene rings is 1. The number of rotatable bonds is 2. The molecular weight excluding hydrogens is 564 g/mol. The second kappa shape index (κ2) is 6.24. The minimum atomic E-state index is -1.91. The Labute approximate surface area is 150 Å². The summed E-state index contributed by atoms with van der Waals surface area (Å²) in [6, 6.07) is 7.86. The van der Waals surface area contributed by atoms with Gasteiger partial charge in [0.1, 0.15) is 0 Å². The van der Waals surface area contributed by atoms with Gasteiger partial charge in [0.05, 0.1) is 0 Å². The van der Waals surface area contributed by atoms with Gasteiger partial charge in [-0.3, -0.25) is 0 Å². The maximum atomic E-state index is 7.29. The number of ether oxygens (including phenoxy) is 2. The number of nitrogens with two attached hydrogens (primary N) is 1. The fourth-order valence-electron chi connectivity index (χ4n) is 1.82. The fraction of sp³-hybridized carbons (Fsp3) is 0.0769. The van der Waals surface area contributed by atoms with Gasteiger partial charge in [-0.25, -0.2) is 0 Å². The molecular formula is C13H10BrI2N3O2. The van der Waals surface area contributed by atoms with E-state index in [1.165, 1.54) is 3.57 Å². The van der Waals surface area contributed by atoms with E-state index < -0.39 is 19.8 Å². The molecule has 0 spiro atoms. The van der Waals surface area contributed by atoms with Crippen molar-refractivity contribution in [3.05, 3.63) is 45.6 Å². The third kappa shape index (κ3) is 3.26. The zero-order chi connectivity index (χ0) is 15.0. The Morgan fingerprint density at radius 3 is 3.00 bits per heavy atom. The predicted molar refractivity (Wildman–Crippen MR) is 100 cm³/mol. The standard InChI is InChI=1S/C13H10BrI2N3O2/c14-7-3-10-12(19-5-7)21-11-2-1-8(15)4-9(11)16(10)6-20-13(17)18/h1-5H,6H2,(H3,17,18). The molecule has 3 rings (SSSR count). The van der Waals surface area contributed by atoms with E-state index in [0.29, 0.717) is 10.5 Å². The van der Waals surface area contributed by atoms with Crippen molar-refractivity contribution in [3.63, 3.8) is 0 Å². The molecule has 0 saturated carbocycles. The summed E-state index contributed by atoms with van der Waals surface area (Å²) in [7, 11) is 0. The van der Waals surface area contributed by atoms with Crippen molar-refractivity contribution in [3.8, 4) is 11.6 Å². The molecule has 21 heavy (non-hydrogen) atoms. The molecule has 0 atom stereocenters. The molecule has 8 heteroatoms. The van der Waals surface area contributed by atoms with Crippen molar-refractivity contribution in [1.29, 1.82) is 5.41 Å². The first-order chi connectivity index (χ1) is 10.0. The molecule has 0 fully saturated rings. The number of nitrogens with zero attached hydrogens (tertiary/aromatic N) is 1. The van der Waals surface area contributed by atoms with Gasteiger partial charge in [-0.15, -0.1) is 0 Å².